The lowest BCUT2D eigenvalue weighted by Gasteiger charge is -2.32. The van der Waals surface area contributed by atoms with Crippen LogP contribution in [0, 0.1) is 19.7 Å². The highest BCUT2D eigenvalue weighted by molar-refractivity contribution is 6.35. The van der Waals surface area contributed by atoms with Gasteiger partial charge in [-0.05, 0) is 77.8 Å². The van der Waals surface area contributed by atoms with Crippen molar-refractivity contribution in [1.29, 1.82) is 0 Å². The Morgan fingerprint density at radius 2 is 1.88 bits per heavy atom. The van der Waals surface area contributed by atoms with Gasteiger partial charge >= 0.3 is 0 Å². The number of aryl methyl sites for hydroxylation is 1. The number of benzene rings is 1. The van der Waals surface area contributed by atoms with Crippen molar-refractivity contribution in [2.75, 3.05) is 65.3 Å². The average Bonchev–Trinajstić information content (AvgIpc) is 3.21. The number of H-pyrrole nitrogens is 1. The van der Waals surface area contributed by atoms with E-state index in [1.807, 2.05) is 32.8 Å². The molecule has 2 aromatic rings. The maximum absolute atomic E-state index is 14.1. The number of fused-ring (bicyclic) bond motifs is 1. The first-order valence-electron chi connectivity index (χ1n) is 11.8. The number of rotatable bonds is 6. The van der Waals surface area contributed by atoms with Gasteiger partial charge in [0.2, 0.25) is 0 Å². The summed E-state index contributed by atoms with van der Waals surface area (Å²) in [7, 11) is 6.05. The molecule has 1 aromatic carbocycles. The van der Waals surface area contributed by atoms with E-state index in [4.69, 9.17) is 0 Å². The normalized spacial score (nSPS) is 17.9. The molecule has 0 atom stereocenters. The Hall–Kier alpha value is -2.97. The number of nitrogens with one attached hydrogen (secondary N) is 1. The van der Waals surface area contributed by atoms with Crippen LogP contribution in [-0.2, 0) is 4.79 Å². The van der Waals surface area contributed by atoms with Gasteiger partial charge < -0.3 is 24.6 Å². The molecule has 0 saturated carbocycles. The molecule has 1 saturated heterocycles. The Bertz CT molecular complexity index is 1130. The van der Waals surface area contributed by atoms with E-state index in [-0.39, 0.29) is 17.6 Å². The van der Waals surface area contributed by atoms with Gasteiger partial charge in [-0.15, -0.1) is 0 Å². The van der Waals surface area contributed by atoms with Crippen molar-refractivity contribution in [3.05, 3.63) is 52.1 Å². The van der Waals surface area contributed by atoms with Gasteiger partial charge in [0, 0.05) is 49.7 Å². The molecule has 1 N–H and O–H groups in total. The minimum atomic E-state index is -0.377. The summed E-state index contributed by atoms with van der Waals surface area (Å²) in [5, 5.41) is 0. The maximum Gasteiger partial charge on any atom is 0.259 e. The zero-order valence-electron chi connectivity index (χ0n) is 20.7. The molecule has 4 rings (SSSR count). The van der Waals surface area contributed by atoms with Crippen LogP contribution in [0.25, 0.3) is 11.6 Å². The van der Waals surface area contributed by atoms with Crippen LogP contribution in [-0.4, -0.2) is 91.9 Å². The molecule has 182 valence electrons. The van der Waals surface area contributed by atoms with Crippen molar-refractivity contribution in [1.82, 2.24) is 19.7 Å². The summed E-state index contributed by atoms with van der Waals surface area (Å²) in [5.41, 5.74) is 4.72. The number of amides is 2. The van der Waals surface area contributed by atoms with Crippen LogP contribution in [0.2, 0.25) is 0 Å². The van der Waals surface area contributed by atoms with Crippen LogP contribution < -0.4 is 4.90 Å². The van der Waals surface area contributed by atoms with Crippen LogP contribution in [0.3, 0.4) is 0 Å². The second-order valence-electron chi connectivity index (χ2n) is 9.59. The maximum atomic E-state index is 14.1. The van der Waals surface area contributed by atoms with Crippen LogP contribution in [0.1, 0.15) is 39.3 Å². The first-order valence-corrected chi connectivity index (χ1v) is 11.8. The number of aromatic amines is 1. The molecular weight excluding hydrogens is 433 g/mol. The molecule has 7 nitrogen and oxygen atoms in total. The third-order valence-electron chi connectivity index (χ3n) is 6.77. The molecule has 0 unspecified atom stereocenters. The summed E-state index contributed by atoms with van der Waals surface area (Å²) >= 11 is 0. The van der Waals surface area contributed by atoms with Crippen molar-refractivity contribution in [2.45, 2.75) is 20.3 Å². The van der Waals surface area contributed by atoms with Crippen LogP contribution in [0.15, 0.2) is 18.2 Å². The molecule has 0 bridgehead atoms. The first kappa shape index (κ1) is 24.2. The molecule has 3 heterocycles. The quantitative estimate of drug-likeness (QED) is 0.664. The lowest BCUT2D eigenvalue weighted by Crippen LogP contribution is -2.47. The average molecular weight is 468 g/mol. The second kappa shape index (κ2) is 9.72. The van der Waals surface area contributed by atoms with Crippen molar-refractivity contribution in [3.63, 3.8) is 0 Å². The summed E-state index contributed by atoms with van der Waals surface area (Å²) in [5.74, 6) is -0.505. The van der Waals surface area contributed by atoms with Gasteiger partial charge in [0.05, 0.1) is 16.8 Å². The molecular formula is C26H34FN5O2. The standard InChI is InChI=1S/C26H34FN5O2/c1-17-22(28-18(2)24(17)26(34)31-13-11-30(5)12-14-31)16-21-20-15-19(27)7-8-23(20)32(25(21)33)10-6-9-29(3)4/h7-8,15-16,28H,6,9-14H2,1-5H3/b21-16-. The lowest BCUT2D eigenvalue weighted by atomic mass is 10.0. The number of likely N-dealkylation sites (N-methyl/N-ethyl adjacent to an activating group) is 1. The van der Waals surface area contributed by atoms with E-state index < -0.39 is 0 Å². The van der Waals surface area contributed by atoms with E-state index in [0.29, 0.717) is 42.0 Å². The molecule has 1 fully saturated rings. The highest BCUT2D eigenvalue weighted by Gasteiger charge is 2.33. The smallest absolute Gasteiger partial charge is 0.259 e. The van der Waals surface area contributed by atoms with E-state index in [1.54, 1.807) is 17.0 Å². The zero-order valence-corrected chi connectivity index (χ0v) is 20.7. The SMILES string of the molecule is Cc1[nH]c(/C=C2\C(=O)N(CCCN(C)C)c3ccc(F)cc32)c(C)c1C(=O)N1CCN(C)CC1. The van der Waals surface area contributed by atoms with E-state index in [2.05, 4.69) is 21.8 Å². The van der Waals surface area contributed by atoms with Crippen molar-refractivity contribution in [3.8, 4) is 0 Å². The topological polar surface area (TPSA) is 62.9 Å². The second-order valence-corrected chi connectivity index (χ2v) is 9.59. The van der Waals surface area contributed by atoms with Crippen molar-refractivity contribution >= 4 is 29.2 Å². The van der Waals surface area contributed by atoms with Gasteiger partial charge in [-0.3, -0.25) is 9.59 Å². The lowest BCUT2D eigenvalue weighted by molar-refractivity contribution is -0.113. The Kier molecular flexibility index (Phi) is 6.91. The van der Waals surface area contributed by atoms with Crippen LogP contribution in [0.4, 0.5) is 10.1 Å². The molecule has 1 aromatic heterocycles. The summed E-state index contributed by atoms with van der Waals surface area (Å²) < 4.78 is 14.1. The highest BCUT2D eigenvalue weighted by atomic mass is 19.1. The Labute approximate surface area is 200 Å². The number of hydrogen-bond donors (Lipinski definition) is 1. The van der Waals surface area contributed by atoms with Crippen molar-refractivity contribution in [2.24, 2.45) is 0 Å². The fourth-order valence-corrected chi connectivity index (χ4v) is 4.79. The van der Waals surface area contributed by atoms with E-state index in [1.165, 1.54) is 12.1 Å². The van der Waals surface area contributed by atoms with Crippen molar-refractivity contribution < 1.29 is 14.0 Å². The monoisotopic (exact) mass is 467 g/mol. The molecule has 34 heavy (non-hydrogen) atoms. The predicted molar refractivity (Wildman–Crippen MR) is 133 cm³/mol. The summed E-state index contributed by atoms with van der Waals surface area (Å²) in [6.45, 7) is 8.30. The molecule has 0 aliphatic carbocycles. The minimum Gasteiger partial charge on any atom is -0.358 e. The number of halogens is 1. The third-order valence-corrected chi connectivity index (χ3v) is 6.77. The van der Waals surface area contributed by atoms with Gasteiger partial charge in [-0.1, -0.05) is 0 Å². The number of anilines is 1. The molecule has 8 heteroatoms. The largest absolute Gasteiger partial charge is 0.358 e. The summed E-state index contributed by atoms with van der Waals surface area (Å²) in [6.07, 6.45) is 2.59. The van der Waals surface area contributed by atoms with Gasteiger partial charge in [0.1, 0.15) is 5.82 Å². The third kappa shape index (κ3) is 4.65. The number of carbonyl (C=O) groups is 2. The fourth-order valence-electron chi connectivity index (χ4n) is 4.79. The Morgan fingerprint density at radius 1 is 1.18 bits per heavy atom. The molecule has 0 spiro atoms. The minimum absolute atomic E-state index is 0.0125. The van der Waals surface area contributed by atoms with Crippen LogP contribution >= 0.6 is 0 Å². The molecule has 2 aliphatic heterocycles. The number of hydrogen-bond acceptors (Lipinski definition) is 4. The van der Waals surface area contributed by atoms with Gasteiger partial charge in [-0.25, -0.2) is 4.39 Å². The van der Waals surface area contributed by atoms with Crippen LogP contribution in [0.5, 0.6) is 0 Å². The van der Waals surface area contributed by atoms with E-state index in [0.717, 1.165) is 43.0 Å². The van der Waals surface area contributed by atoms with E-state index in [9.17, 15) is 14.0 Å². The number of piperazine rings is 1. The summed E-state index contributed by atoms with van der Waals surface area (Å²) in [6, 6.07) is 4.49. The van der Waals surface area contributed by atoms with Gasteiger partial charge in [0.15, 0.2) is 0 Å². The van der Waals surface area contributed by atoms with Gasteiger partial charge in [0.25, 0.3) is 11.8 Å². The molecule has 2 amide bonds. The van der Waals surface area contributed by atoms with Gasteiger partial charge in [-0.2, -0.15) is 0 Å². The summed E-state index contributed by atoms with van der Waals surface area (Å²) in [4.78, 5) is 37.9. The van der Waals surface area contributed by atoms with E-state index >= 15 is 0 Å². The predicted octanol–water partition coefficient (Wildman–Crippen LogP) is 3.00. The Balaban J connectivity index is 1.66. The first-order chi connectivity index (χ1) is 16.2. The zero-order chi connectivity index (χ0) is 24.6. The highest BCUT2D eigenvalue weighted by Crippen LogP contribution is 2.39. The number of aromatic nitrogens is 1. The number of nitrogens with zero attached hydrogens (tertiary/aromatic N) is 4. The number of carbonyl (C=O) groups excluding carboxylic acids is 2. The molecule has 0 radical (unpaired) electrons. The fraction of sp³-hybridized carbons (Fsp3) is 0.462. The Morgan fingerprint density at radius 3 is 2.56 bits per heavy atom. The molecule has 2 aliphatic rings.